The molecule has 1 aromatic rings. The van der Waals surface area contributed by atoms with Crippen LogP contribution < -0.4 is 0 Å². The fourth-order valence-electron chi connectivity index (χ4n) is 1.52. The van der Waals surface area contributed by atoms with E-state index in [0.29, 0.717) is 13.1 Å². The molecule has 4 nitrogen and oxygen atoms in total. The number of hydrogen-bond donors (Lipinski definition) is 1. The van der Waals surface area contributed by atoms with Gasteiger partial charge in [-0.1, -0.05) is 23.2 Å². The van der Waals surface area contributed by atoms with Crippen molar-refractivity contribution in [3.8, 4) is 11.8 Å². The Kier molecular flexibility index (Phi) is 5.26. The molecule has 0 aliphatic rings. The van der Waals surface area contributed by atoms with E-state index in [-0.39, 0.29) is 27.8 Å². The first-order valence-corrected chi connectivity index (χ1v) is 6.11. The van der Waals surface area contributed by atoms with Gasteiger partial charge in [-0.15, -0.1) is 0 Å². The molecule has 0 saturated heterocycles. The van der Waals surface area contributed by atoms with Crippen LogP contribution in [-0.2, 0) is 0 Å². The Balaban J connectivity index is 3.06. The highest BCUT2D eigenvalue weighted by Crippen LogP contribution is 2.31. The molecule has 96 valence electrons. The van der Waals surface area contributed by atoms with Crippen molar-refractivity contribution in [3.63, 3.8) is 0 Å². The molecule has 6 heteroatoms. The smallest absolute Gasteiger partial charge is 0.259 e. The zero-order valence-electron chi connectivity index (χ0n) is 9.78. The van der Waals surface area contributed by atoms with Crippen LogP contribution in [0.5, 0.6) is 5.75 Å². The van der Waals surface area contributed by atoms with Crippen molar-refractivity contribution in [3.05, 3.63) is 27.7 Å². The first-order valence-electron chi connectivity index (χ1n) is 5.35. The summed E-state index contributed by atoms with van der Waals surface area (Å²) in [5.74, 6) is -0.667. The van der Waals surface area contributed by atoms with Crippen molar-refractivity contribution in [2.45, 2.75) is 13.3 Å². The molecule has 18 heavy (non-hydrogen) atoms. The van der Waals surface area contributed by atoms with Crippen molar-refractivity contribution in [2.75, 3.05) is 13.1 Å². The Morgan fingerprint density at radius 1 is 1.50 bits per heavy atom. The summed E-state index contributed by atoms with van der Waals surface area (Å²) in [6, 6.07) is 4.63. The minimum atomic E-state index is -0.410. The Morgan fingerprint density at radius 3 is 2.67 bits per heavy atom. The average Bonchev–Trinajstić information content (AvgIpc) is 2.28. The summed E-state index contributed by atoms with van der Waals surface area (Å²) in [5.41, 5.74) is 0.0147. The molecular formula is C12H12Cl2N2O2. The van der Waals surface area contributed by atoms with E-state index in [9.17, 15) is 9.90 Å². The molecule has 0 fully saturated rings. The van der Waals surface area contributed by atoms with Crippen LogP contribution in [-0.4, -0.2) is 29.0 Å². The maximum atomic E-state index is 12.2. The number of amides is 1. The minimum absolute atomic E-state index is 0.0147. The predicted octanol–water partition coefficient (Wildman–Crippen LogP) is 3.07. The van der Waals surface area contributed by atoms with E-state index in [1.165, 1.54) is 17.0 Å². The molecule has 1 N–H and O–H groups in total. The van der Waals surface area contributed by atoms with Gasteiger partial charge in [0.15, 0.2) is 0 Å². The Morgan fingerprint density at radius 2 is 2.17 bits per heavy atom. The maximum absolute atomic E-state index is 12.2. The summed E-state index contributed by atoms with van der Waals surface area (Å²) in [6.07, 6.45) is 0.228. The number of phenols is 1. The van der Waals surface area contributed by atoms with Gasteiger partial charge in [-0.2, -0.15) is 5.26 Å². The molecule has 0 aliphatic heterocycles. The molecule has 0 atom stereocenters. The van der Waals surface area contributed by atoms with Gasteiger partial charge in [0.2, 0.25) is 0 Å². The van der Waals surface area contributed by atoms with Crippen molar-refractivity contribution in [2.24, 2.45) is 0 Å². The van der Waals surface area contributed by atoms with Crippen molar-refractivity contribution in [1.82, 2.24) is 4.90 Å². The zero-order chi connectivity index (χ0) is 13.7. The number of nitriles is 1. The third-order valence-electron chi connectivity index (χ3n) is 2.41. The fraction of sp³-hybridized carbons (Fsp3) is 0.333. The number of halogens is 2. The Bertz CT molecular complexity index is 474. The molecule has 0 bridgehead atoms. The number of carbonyl (C=O) groups excluding carboxylic acids is 1. The fourth-order valence-corrected chi connectivity index (χ4v) is 2.08. The predicted molar refractivity (Wildman–Crippen MR) is 69.9 cm³/mol. The molecule has 1 amide bonds. The van der Waals surface area contributed by atoms with Crippen molar-refractivity contribution < 1.29 is 9.90 Å². The third-order valence-corrected chi connectivity index (χ3v) is 2.93. The lowest BCUT2D eigenvalue weighted by Gasteiger charge is -2.20. The highest BCUT2D eigenvalue weighted by molar-refractivity contribution is 6.37. The second kappa shape index (κ2) is 6.48. The molecular weight excluding hydrogens is 275 g/mol. The summed E-state index contributed by atoms with van der Waals surface area (Å²) in [4.78, 5) is 13.6. The summed E-state index contributed by atoms with van der Waals surface area (Å²) in [6.45, 7) is 2.51. The standard InChI is InChI=1S/C12H12Cl2N2O2/c1-2-16(5-3-4-15)12(18)11-9(14)6-8(13)7-10(11)17/h6-7,17H,2-3,5H2,1H3. The second-order valence-electron chi connectivity index (χ2n) is 3.57. The van der Waals surface area contributed by atoms with Crippen LogP contribution in [0.25, 0.3) is 0 Å². The highest BCUT2D eigenvalue weighted by Gasteiger charge is 2.21. The van der Waals surface area contributed by atoms with Crippen LogP contribution in [0.4, 0.5) is 0 Å². The van der Waals surface area contributed by atoms with Gasteiger partial charge in [0.05, 0.1) is 23.1 Å². The van der Waals surface area contributed by atoms with Crippen LogP contribution in [0, 0.1) is 11.3 Å². The number of phenolic OH excluding ortho intramolecular Hbond substituents is 1. The lowest BCUT2D eigenvalue weighted by atomic mass is 10.1. The molecule has 0 radical (unpaired) electrons. The molecule has 0 saturated carbocycles. The number of carbonyl (C=O) groups is 1. The Hall–Kier alpha value is -1.44. The molecule has 0 aromatic heterocycles. The van der Waals surface area contributed by atoms with Gasteiger partial charge in [0.25, 0.3) is 5.91 Å². The van der Waals surface area contributed by atoms with E-state index < -0.39 is 5.91 Å². The number of hydrogen-bond acceptors (Lipinski definition) is 3. The van der Waals surface area contributed by atoms with E-state index in [4.69, 9.17) is 28.5 Å². The first kappa shape index (κ1) is 14.6. The lowest BCUT2D eigenvalue weighted by molar-refractivity contribution is 0.0765. The molecule has 0 spiro atoms. The molecule has 1 rings (SSSR count). The summed E-state index contributed by atoms with van der Waals surface area (Å²) < 4.78 is 0. The van der Waals surface area contributed by atoms with Gasteiger partial charge in [0.1, 0.15) is 5.75 Å². The number of aromatic hydroxyl groups is 1. The zero-order valence-corrected chi connectivity index (χ0v) is 11.3. The average molecular weight is 287 g/mol. The van der Waals surface area contributed by atoms with E-state index in [0.717, 1.165) is 0 Å². The van der Waals surface area contributed by atoms with Crippen molar-refractivity contribution in [1.29, 1.82) is 5.26 Å². The molecule has 0 aliphatic carbocycles. The number of nitrogens with zero attached hydrogens (tertiary/aromatic N) is 2. The topological polar surface area (TPSA) is 64.3 Å². The van der Waals surface area contributed by atoms with Crippen LogP contribution in [0.1, 0.15) is 23.7 Å². The summed E-state index contributed by atoms with van der Waals surface area (Å²) in [7, 11) is 0. The van der Waals surface area contributed by atoms with Gasteiger partial charge in [-0.05, 0) is 19.1 Å². The largest absolute Gasteiger partial charge is 0.507 e. The van der Waals surface area contributed by atoms with Gasteiger partial charge in [0, 0.05) is 18.1 Å². The van der Waals surface area contributed by atoms with Crippen LogP contribution in [0.15, 0.2) is 12.1 Å². The number of benzene rings is 1. The van der Waals surface area contributed by atoms with Crippen LogP contribution in [0.2, 0.25) is 10.0 Å². The summed E-state index contributed by atoms with van der Waals surface area (Å²) in [5, 5.41) is 18.6. The molecule has 1 aromatic carbocycles. The van der Waals surface area contributed by atoms with Crippen LogP contribution >= 0.6 is 23.2 Å². The quantitative estimate of drug-likeness (QED) is 0.925. The van der Waals surface area contributed by atoms with E-state index >= 15 is 0 Å². The third kappa shape index (κ3) is 3.28. The van der Waals surface area contributed by atoms with Crippen LogP contribution in [0.3, 0.4) is 0 Å². The second-order valence-corrected chi connectivity index (χ2v) is 4.42. The van der Waals surface area contributed by atoms with Gasteiger partial charge in [-0.3, -0.25) is 4.79 Å². The van der Waals surface area contributed by atoms with Crippen molar-refractivity contribution >= 4 is 29.1 Å². The summed E-state index contributed by atoms with van der Waals surface area (Å²) >= 11 is 11.6. The maximum Gasteiger partial charge on any atom is 0.259 e. The minimum Gasteiger partial charge on any atom is -0.507 e. The van der Waals surface area contributed by atoms with Gasteiger partial charge in [-0.25, -0.2) is 0 Å². The van der Waals surface area contributed by atoms with E-state index in [1.54, 1.807) is 6.92 Å². The number of rotatable bonds is 4. The lowest BCUT2D eigenvalue weighted by Crippen LogP contribution is -2.31. The monoisotopic (exact) mass is 286 g/mol. The SMILES string of the molecule is CCN(CCC#N)C(=O)c1c(O)cc(Cl)cc1Cl. The van der Waals surface area contributed by atoms with E-state index in [2.05, 4.69) is 0 Å². The Labute approximate surface area is 115 Å². The van der Waals surface area contributed by atoms with E-state index in [1.807, 2.05) is 6.07 Å². The first-order chi connectivity index (χ1) is 8.51. The normalized spacial score (nSPS) is 9.89. The molecule has 0 unspecified atom stereocenters. The molecule has 0 heterocycles. The highest BCUT2D eigenvalue weighted by atomic mass is 35.5. The van der Waals surface area contributed by atoms with Gasteiger partial charge >= 0.3 is 0 Å². The van der Waals surface area contributed by atoms with Gasteiger partial charge < -0.3 is 10.0 Å².